The lowest BCUT2D eigenvalue weighted by molar-refractivity contribution is -0.133. The molecule has 0 saturated carbocycles. The standard InChI is InChI=1S/C16H23ClN2O2S/c1-16(2,3)18-14(20)9-19(4)15(21)11-22-10-12-5-7-13(17)8-6-12/h5-8H,9-11H2,1-4H3,(H,18,20). The highest BCUT2D eigenvalue weighted by Crippen LogP contribution is 2.15. The molecule has 0 aliphatic carbocycles. The average Bonchev–Trinajstić information content (AvgIpc) is 2.38. The zero-order chi connectivity index (χ0) is 16.8. The van der Waals surface area contributed by atoms with Gasteiger partial charge in [0, 0.05) is 23.4 Å². The van der Waals surface area contributed by atoms with Gasteiger partial charge in [-0.15, -0.1) is 11.8 Å². The van der Waals surface area contributed by atoms with Crippen LogP contribution < -0.4 is 5.32 Å². The molecule has 0 aromatic heterocycles. The number of nitrogens with one attached hydrogen (secondary N) is 1. The van der Waals surface area contributed by atoms with Crippen molar-refractivity contribution in [3.63, 3.8) is 0 Å². The van der Waals surface area contributed by atoms with Crippen LogP contribution in [0, 0.1) is 0 Å². The van der Waals surface area contributed by atoms with Crippen LogP contribution >= 0.6 is 23.4 Å². The number of carbonyl (C=O) groups is 2. The first kappa shape index (κ1) is 18.8. The summed E-state index contributed by atoms with van der Waals surface area (Å²) in [4.78, 5) is 25.2. The Morgan fingerprint density at radius 3 is 2.36 bits per heavy atom. The Bertz CT molecular complexity index is 512. The van der Waals surface area contributed by atoms with Gasteiger partial charge in [-0.25, -0.2) is 0 Å². The first-order valence-corrected chi connectivity index (χ1v) is 8.58. The normalized spacial score (nSPS) is 11.1. The second-order valence-electron chi connectivity index (χ2n) is 6.17. The van der Waals surface area contributed by atoms with Crippen LogP contribution in [0.3, 0.4) is 0 Å². The van der Waals surface area contributed by atoms with Gasteiger partial charge in [-0.3, -0.25) is 9.59 Å². The molecule has 122 valence electrons. The molecule has 0 unspecified atom stereocenters. The van der Waals surface area contributed by atoms with E-state index in [-0.39, 0.29) is 23.9 Å². The van der Waals surface area contributed by atoms with Crippen molar-refractivity contribution < 1.29 is 9.59 Å². The maximum Gasteiger partial charge on any atom is 0.240 e. The van der Waals surface area contributed by atoms with Crippen LogP contribution in [-0.2, 0) is 15.3 Å². The lowest BCUT2D eigenvalue weighted by Gasteiger charge is -2.23. The van der Waals surface area contributed by atoms with Crippen molar-refractivity contribution >= 4 is 35.2 Å². The second kappa shape index (κ2) is 8.44. The predicted octanol–water partition coefficient (Wildman–Crippen LogP) is 2.95. The zero-order valence-corrected chi connectivity index (χ0v) is 15.1. The van der Waals surface area contributed by atoms with Crippen LogP contribution in [0.15, 0.2) is 24.3 Å². The van der Waals surface area contributed by atoms with Crippen LogP contribution in [0.25, 0.3) is 0 Å². The van der Waals surface area contributed by atoms with Gasteiger partial charge in [0.15, 0.2) is 0 Å². The van der Waals surface area contributed by atoms with E-state index < -0.39 is 0 Å². The van der Waals surface area contributed by atoms with Gasteiger partial charge in [0.25, 0.3) is 0 Å². The van der Waals surface area contributed by atoms with E-state index in [0.29, 0.717) is 10.8 Å². The molecule has 1 N–H and O–H groups in total. The van der Waals surface area contributed by atoms with Crippen LogP contribution in [-0.4, -0.2) is 41.6 Å². The van der Waals surface area contributed by atoms with Gasteiger partial charge < -0.3 is 10.2 Å². The van der Waals surface area contributed by atoms with E-state index in [1.807, 2.05) is 45.0 Å². The molecule has 22 heavy (non-hydrogen) atoms. The first-order chi connectivity index (χ1) is 10.2. The maximum absolute atomic E-state index is 12.0. The molecule has 0 fully saturated rings. The van der Waals surface area contributed by atoms with Crippen molar-refractivity contribution in [2.75, 3.05) is 19.3 Å². The van der Waals surface area contributed by atoms with Gasteiger partial charge in [0.05, 0.1) is 12.3 Å². The highest BCUT2D eigenvalue weighted by molar-refractivity contribution is 7.99. The minimum Gasteiger partial charge on any atom is -0.350 e. The third-order valence-electron chi connectivity index (χ3n) is 2.73. The van der Waals surface area contributed by atoms with Crippen molar-refractivity contribution in [3.8, 4) is 0 Å². The lowest BCUT2D eigenvalue weighted by atomic mass is 10.1. The van der Waals surface area contributed by atoms with Gasteiger partial charge in [-0.2, -0.15) is 0 Å². The average molecular weight is 343 g/mol. The van der Waals surface area contributed by atoms with Crippen LogP contribution in [0.5, 0.6) is 0 Å². The third-order valence-corrected chi connectivity index (χ3v) is 3.97. The number of hydrogen-bond donors (Lipinski definition) is 1. The minimum atomic E-state index is -0.287. The van der Waals surface area contributed by atoms with E-state index in [9.17, 15) is 9.59 Å². The Labute approximate surface area is 141 Å². The molecular weight excluding hydrogens is 320 g/mol. The molecule has 1 aromatic rings. The number of amides is 2. The molecule has 0 saturated heterocycles. The van der Waals surface area contributed by atoms with Crippen LogP contribution in [0.4, 0.5) is 0 Å². The number of hydrogen-bond acceptors (Lipinski definition) is 3. The number of carbonyl (C=O) groups excluding carboxylic acids is 2. The number of rotatable bonds is 6. The SMILES string of the molecule is CN(CC(=O)NC(C)(C)C)C(=O)CSCc1ccc(Cl)cc1. The predicted molar refractivity (Wildman–Crippen MR) is 93.1 cm³/mol. The van der Waals surface area contributed by atoms with Crippen LogP contribution in [0.1, 0.15) is 26.3 Å². The molecule has 1 rings (SSSR count). The smallest absolute Gasteiger partial charge is 0.240 e. The summed E-state index contributed by atoms with van der Waals surface area (Å²) < 4.78 is 0. The molecule has 6 heteroatoms. The molecule has 4 nitrogen and oxygen atoms in total. The van der Waals surface area contributed by atoms with E-state index in [1.54, 1.807) is 7.05 Å². The monoisotopic (exact) mass is 342 g/mol. The summed E-state index contributed by atoms with van der Waals surface area (Å²) in [5.41, 5.74) is 0.833. The Hall–Kier alpha value is -1.20. The number of thioether (sulfide) groups is 1. The van der Waals surface area contributed by atoms with Gasteiger partial charge in [0.2, 0.25) is 11.8 Å². The number of benzene rings is 1. The summed E-state index contributed by atoms with van der Waals surface area (Å²) in [7, 11) is 1.65. The highest BCUT2D eigenvalue weighted by Gasteiger charge is 2.17. The summed E-state index contributed by atoms with van der Waals surface area (Å²) in [6.07, 6.45) is 0. The van der Waals surface area contributed by atoms with Crippen molar-refractivity contribution in [1.29, 1.82) is 0 Å². The number of halogens is 1. The molecule has 2 amide bonds. The quantitative estimate of drug-likeness (QED) is 0.864. The zero-order valence-electron chi connectivity index (χ0n) is 13.5. The molecule has 0 aliphatic heterocycles. The summed E-state index contributed by atoms with van der Waals surface area (Å²) in [6.45, 7) is 5.82. The van der Waals surface area contributed by atoms with Gasteiger partial charge in [-0.1, -0.05) is 23.7 Å². The van der Waals surface area contributed by atoms with Gasteiger partial charge >= 0.3 is 0 Å². The van der Waals surface area contributed by atoms with E-state index in [4.69, 9.17) is 11.6 Å². The molecule has 0 heterocycles. The van der Waals surface area contributed by atoms with Crippen LogP contribution in [0.2, 0.25) is 5.02 Å². The molecule has 0 spiro atoms. The number of nitrogens with zero attached hydrogens (tertiary/aromatic N) is 1. The van der Waals surface area contributed by atoms with Crippen molar-refractivity contribution in [2.45, 2.75) is 32.1 Å². The van der Waals surface area contributed by atoms with Crippen molar-refractivity contribution in [1.82, 2.24) is 10.2 Å². The fourth-order valence-corrected chi connectivity index (χ4v) is 2.76. The second-order valence-corrected chi connectivity index (χ2v) is 7.59. The molecule has 0 aliphatic rings. The fourth-order valence-electron chi connectivity index (χ4n) is 1.71. The molecule has 0 bridgehead atoms. The first-order valence-electron chi connectivity index (χ1n) is 7.04. The maximum atomic E-state index is 12.0. The van der Waals surface area contributed by atoms with E-state index >= 15 is 0 Å². The topological polar surface area (TPSA) is 49.4 Å². The lowest BCUT2D eigenvalue weighted by Crippen LogP contribution is -2.46. The van der Waals surface area contributed by atoms with Crippen molar-refractivity contribution in [3.05, 3.63) is 34.9 Å². The molecule has 0 atom stereocenters. The summed E-state index contributed by atoms with van der Waals surface area (Å²) >= 11 is 7.35. The Kier molecular flexibility index (Phi) is 7.23. The Morgan fingerprint density at radius 2 is 1.82 bits per heavy atom. The van der Waals surface area contributed by atoms with Crippen molar-refractivity contribution in [2.24, 2.45) is 0 Å². The third kappa shape index (κ3) is 7.71. The molecule has 0 radical (unpaired) electrons. The highest BCUT2D eigenvalue weighted by atomic mass is 35.5. The Morgan fingerprint density at radius 1 is 1.23 bits per heavy atom. The van der Waals surface area contributed by atoms with Gasteiger partial charge in [-0.05, 0) is 38.5 Å². The van der Waals surface area contributed by atoms with Gasteiger partial charge in [0.1, 0.15) is 0 Å². The van der Waals surface area contributed by atoms with E-state index in [1.165, 1.54) is 16.7 Å². The summed E-state index contributed by atoms with van der Waals surface area (Å²) in [5.74, 6) is 0.890. The Balaban J connectivity index is 2.32. The molecule has 1 aromatic carbocycles. The van der Waals surface area contributed by atoms with E-state index in [0.717, 1.165) is 11.3 Å². The number of likely N-dealkylation sites (N-methyl/N-ethyl adjacent to an activating group) is 1. The summed E-state index contributed by atoms with van der Waals surface area (Å²) in [5, 5.41) is 3.54. The largest absolute Gasteiger partial charge is 0.350 e. The summed E-state index contributed by atoms with van der Waals surface area (Å²) in [6, 6.07) is 7.56. The molecular formula is C16H23ClN2O2S. The van der Waals surface area contributed by atoms with E-state index in [2.05, 4.69) is 5.32 Å². The minimum absolute atomic E-state index is 0.0528. The fraction of sp³-hybridized carbons (Fsp3) is 0.500.